The third-order valence-corrected chi connectivity index (χ3v) is 6.15. The molecule has 0 saturated heterocycles. The molecule has 0 spiro atoms. The van der Waals surface area contributed by atoms with Crippen LogP contribution in [-0.4, -0.2) is 28.0 Å². The highest BCUT2D eigenvalue weighted by molar-refractivity contribution is 5.98. The summed E-state index contributed by atoms with van der Waals surface area (Å²) in [6, 6.07) is 5.30. The van der Waals surface area contributed by atoms with Gasteiger partial charge in [0, 0.05) is 6.54 Å². The van der Waals surface area contributed by atoms with Crippen molar-refractivity contribution in [2.24, 2.45) is 0 Å². The fourth-order valence-corrected chi connectivity index (χ4v) is 4.32. The highest BCUT2D eigenvalue weighted by atomic mass is 19.2. The van der Waals surface area contributed by atoms with Crippen LogP contribution in [0.1, 0.15) is 118 Å². The molecule has 0 bridgehead atoms. The standard InChI is InChI=1S/C28H46FN3O2/c1-5-6-7-8-9-10-11-12-13-14-15-16-17-18-22-31(27(33)34-28(2,3)4)25-21-19-20-24-26(25)32(29)23-30-24/h19-21,23H,5-18,22H2,1-4H3. The van der Waals surface area contributed by atoms with E-state index < -0.39 is 11.7 Å². The lowest BCUT2D eigenvalue weighted by atomic mass is 10.0. The largest absolute Gasteiger partial charge is 0.443 e. The molecule has 6 heteroatoms. The van der Waals surface area contributed by atoms with Crippen LogP contribution in [0.3, 0.4) is 0 Å². The second-order valence-corrected chi connectivity index (χ2v) is 10.4. The number of amides is 1. The number of hydrogen-bond donors (Lipinski definition) is 0. The van der Waals surface area contributed by atoms with Crippen LogP contribution in [0.15, 0.2) is 24.5 Å². The van der Waals surface area contributed by atoms with Crippen LogP contribution in [0, 0.1) is 0 Å². The number of fused-ring (bicyclic) bond motifs is 1. The Morgan fingerprint density at radius 3 is 1.97 bits per heavy atom. The summed E-state index contributed by atoms with van der Waals surface area (Å²) in [5, 5.41) is 0. The van der Waals surface area contributed by atoms with Crippen molar-refractivity contribution in [2.45, 2.75) is 123 Å². The van der Waals surface area contributed by atoms with Crippen LogP contribution in [0.25, 0.3) is 11.0 Å². The van der Waals surface area contributed by atoms with Crippen LogP contribution in [0.5, 0.6) is 0 Å². The minimum atomic E-state index is -0.616. The number of aromatic nitrogens is 2. The lowest BCUT2D eigenvalue weighted by molar-refractivity contribution is 0.0580. The van der Waals surface area contributed by atoms with Crippen molar-refractivity contribution in [3.8, 4) is 0 Å². The predicted octanol–water partition coefficient (Wildman–Crippen LogP) is 8.99. The Labute approximate surface area is 206 Å². The van der Waals surface area contributed by atoms with Crippen molar-refractivity contribution in [3.05, 3.63) is 24.5 Å². The highest BCUT2D eigenvalue weighted by Crippen LogP contribution is 2.28. The normalized spacial score (nSPS) is 11.8. The molecule has 1 aromatic heterocycles. The first kappa shape index (κ1) is 28.1. The highest BCUT2D eigenvalue weighted by Gasteiger charge is 2.25. The van der Waals surface area contributed by atoms with Crippen molar-refractivity contribution >= 4 is 22.8 Å². The van der Waals surface area contributed by atoms with Crippen LogP contribution in [0.4, 0.5) is 15.0 Å². The monoisotopic (exact) mass is 475 g/mol. The van der Waals surface area contributed by atoms with Gasteiger partial charge in [-0.05, 0) is 39.3 Å². The van der Waals surface area contributed by atoms with Crippen LogP contribution in [-0.2, 0) is 4.74 Å². The number of carbonyl (C=O) groups is 1. The van der Waals surface area contributed by atoms with Crippen molar-refractivity contribution in [1.29, 1.82) is 0 Å². The Kier molecular flexibility index (Phi) is 12.4. The Balaban J connectivity index is 1.74. The van der Waals surface area contributed by atoms with E-state index in [0.29, 0.717) is 28.1 Å². The van der Waals surface area contributed by atoms with Gasteiger partial charge in [0.25, 0.3) is 0 Å². The van der Waals surface area contributed by atoms with Crippen LogP contribution in [0.2, 0.25) is 0 Å². The number of carbonyl (C=O) groups excluding carboxylic acids is 1. The molecular formula is C28H46FN3O2. The van der Waals surface area contributed by atoms with Gasteiger partial charge in [0.15, 0.2) is 0 Å². The van der Waals surface area contributed by atoms with Crippen molar-refractivity contribution in [3.63, 3.8) is 0 Å². The predicted molar refractivity (Wildman–Crippen MR) is 140 cm³/mol. The summed E-state index contributed by atoms with van der Waals surface area (Å²) in [6.07, 6.45) is 18.6. The molecule has 0 saturated carbocycles. The van der Waals surface area contributed by atoms with E-state index in [1.165, 1.54) is 70.6 Å². The quantitative estimate of drug-likeness (QED) is 0.228. The second kappa shape index (κ2) is 15.0. The summed E-state index contributed by atoms with van der Waals surface area (Å²) < 4.78 is 20.0. The summed E-state index contributed by atoms with van der Waals surface area (Å²) in [5.74, 6) is 0. The van der Waals surface area contributed by atoms with Gasteiger partial charge >= 0.3 is 6.09 Å². The molecule has 0 fully saturated rings. The third kappa shape index (κ3) is 10.0. The van der Waals surface area contributed by atoms with E-state index in [0.717, 1.165) is 25.6 Å². The van der Waals surface area contributed by atoms with Crippen molar-refractivity contribution in [1.82, 2.24) is 9.77 Å². The van der Waals surface area contributed by atoms with E-state index in [-0.39, 0.29) is 0 Å². The molecule has 2 rings (SSSR count). The second-order valence-electron chi connectivity index (χ2n) is 10.4. The number of nitrogens with zero attached hydrogens (tertiary/aromatic N) is 3. The summed E-state index contributed by atoms with van der Waals surface area (Å²) >= 11 is 0. The first-order valence-electron chi connectivity index (χ1n) is 13.5. The lowest BCUT2D eigenvalue weighted by Gasteiger charge is -2.28. The number of rotatable bonds is 16. The molecule has 0 N–H and O–H groups in total. The molecule has 192 valence electrons. The van der Waals surface area contributed by atoms with Gasteiger partial charge in [-0.1, -0.05) is 101 Å². The minimum Gasteiger partial charge on any atom is -0.443 e. The number of imidazole rings is 1. The van der Waals surface area contributed by atoms with E-state index in [9.17, 15) is 9.28 Å². The Hall–Kier alpha value is -2.11. The molecule has 0 radical (unpaired) electrons. The molecule has 0 unspecified atom stereocenters. The number of hydrogen-bond acceptors (Lipinski definition) is 3. The van der Waals surface area contributed by atoms with E-state index in [4.69, 9.17) is 4.74 Å². The van der Waals surface area contributed by atoms with Crippen LogP contribution < -0.4 is 4.90 Å². The topological polar surface area (TPSA) is 47.4 Å². The number of ether oxygens (including phenoxy) is 1. The molecule has 0 atom stereocenters. The maximum absolute atomic E-state index is 14.4. The smallest absolute Gasteiger partial charge is 0.414 e. The first-order valence-corrected chi connectivity index (χ1v) is 13.5. The molecule has 1 aromatic carbocycles. The van der Waals surface area contributed by atoms with E-state index in [1.54, 1.807) is 23.1 Å². The van der Waals surface area contributed by atoms with E-state index >= 15 is 0 Å². The summed E-state index contributed by atoms with van der Waals surface area (Å²) in [4.78, 5) is 19.1. The maximum atomic E-state index is 14.4. The molecule has 1 heterocycles. The zero-order chi connectivity index (χ0) is 24.8. The van der Waals surface area contributed by atoms with Gasteiger partial charge in [0.1, 0.15) is 17.4 Å². The number of anilines is 1. The molecule has 0 aliphatic rings. The fraction of sp³-hybridized carbons (Fsp3) is 0.714. The molecule has 0 aliphatic heterocycles. The van der Waals surface area contributed by atoms with Gasteiger partial charge in [-0.2, -0.15) is 4.79 Å². The SMILES string of the molecule is CCCCCCCCCCCCCCCCN(C(=O)OC(C)(C)C)c1cccc2ncn(F)c12. The maximum Gasteiger partial charge on any atom is 0.414 e. The molecule has 0 aliphatic carbocycles. The zero-order valence-corrected chi connectivity index (χ0v) is 22.0. The van der Waals surface area contributed by atoms with Crippen molar-refractivity contribution in [2.75, 3.05) is 11.4 Å². The van der Waals surface area contributed by atoms with Gasteiger partial charge in [-0.15, -0.1) is 0 Å². The third-order valence-electron chi connectivity index (χ3n) is 6.15. The average Bonchev–Trinajstić information content (AvgIpc) is 3.16. The first-order chi connectivity index (χ1) is 16.3. The number of para-hydroxylation sites is 1. The molecule has 2 aromatic rings. The average molecular weight is 476 g/mol. The van der Waals surface area contributed by atoms with Crippen molar-refractivity contribution < 1.29 is 14.0 Å². The minimum absolute atomic E-state index is 0.304. The van der Waals surface area contributed by atoms with Gasteiger partial charge in [0.05, 0.1) is 11.2 Å². The molecule has 5 nitrogen and oxygen atoms in total. The van der Waals surface area contributed by atoms with Gasteiger partial charge in [-0.25, -0.2) is 9.78 Å². The van der Waals surface area contributed by atoms with Gasteiger partial charge in [-0.3, -0.25) is 4.90 Å². The van der Waals surface area contributed by atoms with Gasteiger partial charge < -0.3 is 4.74 Å². The Bertz CT molecular complexity index is 844. The zero-order valence-electron chi connectivity index (χ0n) is 22.0. The molecular weight excluding hydrogens is 429 g/mol. The number of unbranched alkanes of at least 4 members (excludes halogenated alkanes) is 13. The fourth-order valence-electron chi connectivity index (χ4n) is 4.32. The molecule has 1 amide bonds. The Morgan fingerprint density at radius 2 is 1.44 bits per heavy atom. The van der Waals surface area contributed by atoms with Crippen LogP contribution >= 0.6 is 0 Å². The van der Waals surface area contributed by atoms with Gasteiger partial charge in [0.2, 0.25) is 0 Å². The Morgan fingerprint density at radius 1 is 0.912 bits per heavy atom. The summed E-state index contributed by atoms with van der Waals surface area (Å²) in [7, 11) is 0. The van der Waals surface area contributed by atoms with E-state index in [2.05, 4.69) is 11.9 Å². The number of halogens is 1. The summed E-state index contributed by atoms with van der Waals surface area (Å²) in [6.45, 7) is 8.29. The number of benzene rings is 1. The molecule has 34 heavy (non-hydrogen) atoms. The lowest BCUT2D eigenvalue weighted by Crippen LogP contribution is -2.37. The van der Waals surface area contributed by atoms with E-state index in [1.807, 2.05) is 20.8 Å². The summed E-state index contributed by atoms with van der Waals surface area (Å²) in [5.41, 5.74) is 0.712.